The van der Waals surface area contributed by atoms with Crippen molar-refractivity contribution in [2.75, 3.05) is 13.7 Å². The van der Waals surface area contributed by atoms with Crippen molar-refractivity contribution in [3.8, 4) is 22.8 Å². The molecule has 1 aliphatic heterocycles. The van der Waals surface area contributed by atoms with Crippen LogP contribution >= 0.6 is 0 Å². The minimum absolute atomic E-state index is 0.150. The van der Waals surface area contributed by atoms with E-state index in [1.807, 2.05) is 66.7 Å². The molecule has 1 saturated carbocycles. The number of rotatable bonds is 5. The number of methoxy groups -OCH3 is 1. The molecule has 43 heavy (non-hydrogen) atoms. The van der Waals surface area contributed by atoms with Crippen LogP contribution in [0.2, 0.25) is 0 Å². The summed E-state index contributed by atoms with van der Waals surface area (Å²) in [6.45, 7) is 0.337. The number of pyridine rings is 1. The molecule has 10 heteroatoms. The molecule has 0 saturated heterocycles. The predicted octanol–water partition coefficient (Wildman–Crippen LogP) is 4.01. The molecule has 222 valence electrons. The second-order valence-corrected chi connectivity index (χ2v) is 11.3. The maximum absolute atomic E-state index is 13.7. The van der Waals surface area contributed by atoms with E-state index >= 15 is 0 Å². The van der Waals surface area contributed by atoms with E-state index in [0.29, 0.717) is 42.1 Å². The van der Waals surface area contributed by atoms with Crippen LogP contribution in [0.4, 0.5) is 0 Å². The molecule has 2 aliphatic carbocycles. The van der Waals surface area contributed by atoms with Crippen molar-refractivity contribution in [3.63, 3.8) is 0 Å². The summed E-state index contributed by atoms with van der Waals surface area (Å²) in [4.78, 5) is 44.2. The van der Waals surface area contributed by atoms with Crippen molar-refractivity contribution >= 4 is 28.7 Å². The quantitative estimate of drug-likeness (QED) is 0.233. The molecule has 6 rings (SSSR count). The Kier molecular flexibility index (Phi) is 7.62. The summed E-state index contributed by atoms with van der Waals surface area (Å²) in [5.74, 6) is 4.05. The van der Waals surface area contributed by atoms with Crippen molar-refractivity contribution in [2.45, 2.75) is 43.7 Å². The van der Waals surface area contributed by atoms with Crippen LogP contribution in [-0.2, 0) is 14.4 Å². The number of nitrogens with two attached hydrogens (primary N) is 1. The fraction of sp³-hybridized carbons (Fsp3) is 0.333. The number of carbonyl (C=O) groups is 3. The van der Waals surface area contributed by atoms with E-state index in [1.54, 1.807) is 13.2 Å². The highest BCUT2D eigenvalue weighted by atomic mass is 16.5. The number of nitrogens with one attached hydrogen (secondary N) is 1. The average molecular weight is 583 g/mol. The number of hydrogen-bond donors (Lipinski definition) is 3. The van der Waals surface area contributed by atoms with Crippen LogP contribution in [0.1, 0.15) is 32.1 Å². The molecular weight excluding hydrogens is 548 g/mol. The number of carbonyl (C=O) groups excluding carboxylic acids is 2. The van der Waals surface area contributed by atoms with Gasteiger partial charge in [-0.15, -0.1) is 0 Å². The summed E-state index contributed by atoms with van der Waals surface area (Å²) in [5.41, 5.74) is 1.09. The molecule has 1 unspecified atom stereocenters. The molecule has 0 spiro atoms. The molecule has 3 aromatic rings. The summed E-state index contributed by atoms with van der Waals surface area (Å²) < 4.78 is 11.9. The average Bonchev–Trinajstić information content (AvgIpc) is 3.55. The van der Waals surface area contributed by atoms with Crippen LogP contribution in [0.5, 0.6) is 11.5 Å². The number of carboxylic acids is 1. The van der Waals surface area contributed by atoms with Gasteiger partial charge in [-0.05, 0) is 43.9 Å². The molecule has 0 radical (unpaired) electrons. The number of hydrazine groups is 1. The molecule has 1 aromatic heterocycles. The third-order valence-corrected chi connectivity index (χ3v) is 8.49. The van der Waals surface area contributed by atoms with Gasteiger partial charge in [0, 0.05) is 47.5 Å². The number of aliphatic carboxylic acids is 1. The van der Waals surface area contributed by atoms with Gasteiger partial charge in [-0.25, -0.2) is 15.6 Å². The molecule has 2 heterocycles. The lowest BCUT2D eigenvalue weighted by Crippen LogP contribution is -2.49. The Balaban J connectivity index is 1.35. The highest BCUT2D eigenvalue weighted by Gasteiger charge is 2.61. The number of fused-ring (bicyclic) bond motifs is 3. The first-order valence-electron chi connectivity index (χ1n) is 14.5. The third kappa shape index (κ3) is 5.58. The summed E-state index contributed by atoms with van der Waals surface area (Å²) in [5, 5.41) is 14.6. The minimum Gasteiger partial charge on any atom is -0.497 e. The van der Waals surface area contributed by atoms with Crippen molar-refractivity contribution in [2.24, 2.45) is 17.7 Å². The Morgan fingerprint density at radius 3 is 2.72 bits per heavy atom. The molecule has 3 aliphatic rings. The Morgan fingerprint density at radius 2 is 1.95 bits per heavy atom. The maximum atomic E-state index is 13.7. The van der Waals surface area contributed by atoms with Crippen LogP contribution in [0.25, 0.3) is 22.2 Å². The van der Waals surface area contributed by atoms with Gasteiger partial charge in [0.25, 0.3) is 5.91 Å². The first kappa shape index (κ1) is 28.4. The molecule has 4 atom stereocenters. The normalized spacial score (nSPS) is 26.4. The summed E-state index contributed by atoms with van der Waals surface area (Å²) in [6, 6.07) is 17.0. The molecule has 10 nitrogen and oxygen atoms in total. The van der Waals surface area contributed by atoms with Crippen LogP contribution < -0.4 is 20.6 Å². The fourth-order valence-corrected chi connectivity index (χ4v) is 5.96. The van der Waals surface area contributed by atoms with Crippen LogP contribution in [0.3, 0.4) is 0 Å². The standard InChI is InChI=1S/C33H34N4O6/c1-42-22-12-13-24-28(17-22)35-27(20-9-5-4-6-10-20)18-29(24)43-23-15-25-26(16-23)31(39)37(34)14-8-3-2-7-11-21-19-33(21,32(40)41)36-30(25)38/h4-7,9-13,16-18,21,23,25H,2-3,8,14-15,19,34H2,1H3,(H,36,38)(H,40,41)/b11-7-/t21-,23-,25?,33-/m1/s1. The SMILES string of the molecule is COc1ccc2c(O[C@H]3C=C4C(=O)N(N)CCCC/C=C\[C@@H]5C[C@@]5(C(=O)O)NC(=O)C4C3)cc(-c3ccccc3)nc2c1. The van der Waals surface area contributed by atoms with Gasteiger partial charge < -0.3 is 19.9 Å². The predicted molar refractivity (Wildman–Crippen MR) is 160 cm³/mol. The molecule has 0 bridgehead atoms. The summed E-state index contributed by atoms with van der Waals surface area (Å²) in [6.07, 6.45) is 7.49. The molecule has 1 fully saturated rings. The lowest BCUT2D eigenvalue weighted by Gasteiger charge is -2.23. The van der Waals surface area contributed by atoms with Crippen molar-refractivity contribution in [1.29, 1.82) is 0 Å². The van der Waals surface area contributed by atoms with Gasteiger partial charge >= 0.3 is 5.97 Å². The number of carboxylic acid groups (broad SMARTS) is 1. The summed E-state index contributed by atoms with van der Waals surface area (Å²) in [7, 11) is 1.59. The highest BCUT2D eigenvalue weighted by molar-refractivity contribution is 6.02. The molecule has 4 N–H and O–H groups in total. The second kappa shape index (κ2) is 11.5. The zero-order valence-electron chi connectivity index (χ0n) is 23.9. The third-order valence-electron chi connectivity index (χ3n) is 8.49. The van der Waals surface area contributed by atoms with E-state index < -0.39 is 35.3 Å². The van der Waals surface area contributed by atoms with Crippen molar-refractivity contribution in [3.05, 3.63) is 78.4 Å². The number of nitrogens with zero attached hydrogens (tertiary/aromatic N) is 2. The van der Waals surface area contributed by atoms with Crippen molar-refractivity contribution < 1.29 is 29.0 Å². The number of aromatic nitrogens is 1. The smallest absolute Gasteiger partial charge is 0.330 e. The van der Waals surface area contributed by atoms with Gasteiger partial charge in [0.15, 0.2) is 0 Å². The number of amides is 2. The Morgan fingerprint density at radius 1 is 1.14 bits per heavy atom. The fourth-order valence-electron chi connectivity index (χ4n) is 5.96. The van der Waals surface area contributed by atoms with E-state index in [9.17, 15) is 19.5 Å². The van der Waals surface area contributed by atoms with E-state index in [0.717, 1.165) is 28.8 Å². The van der Waals surface area contributed by atoms with E-state index in [-0.39, 0.29) is 17.9 Å². The topological polar surface area (TPSA) is 144 Å². The molecule has 2 aromatic carbocycles. The zero-order chi connectivity index (χ0) is 30.1. The van der Waals surface area contributed by atoms with Crippen LogP contribution in [0.15, 0.2) is 78.4 Å². The van der Waals surface area contributed by atoms with Gasteiger partial charge in [0.1, 0.15) is 23.1 Å². The number of hydrogen-bond acceptors (Lipinski definition) is 7. The minimum atomic E-state index is -1.38. The first-order chi connectivity index (χ1) is 20.8. The van der Waals surface area contributed by atoms with Gasteiger partial charge in [-0.2, -0.15) is 0 Å². The maximum Gasteiger partial charge on any atom is 0.330 e. The number of benzene rings is 2. The lowest BCUT2D eigenvalue weighted by atomic mass is 9.98. The monoisotopic (exact) mass is 582 g/mol. The number of ether oxygens (including phenoxy) is 2. The zero-order valence-corrected chi connectivity index (χ0v) is 23.9. The van der Waals surface area contributed by atoms with E-state index in [2.05, 4.69) is 5.32 Å². The molecular formula is C33H34N4O6. The Hall–Kier alpha value is -4.70. The Bertz CT molecular complexity index is 1640. The lowest BCUT2D eigenvalue weighted by molar-refractivity contribution is -0.144. The second-order valence-electron chi connectivity index (χ2n) is 11.3. The van der Waals surface area contributed by atoms with Crippen LogP contribution in [-0.4, -0.2) is 58.2 Å². The van der Waals surface area contributed by atoms with E-state index in [1.165, 1.54) is 0 Å². The molecule has 2 amide bonds. The van der Waals surface area contributed by atoms with Crippen molar-refractivity contribution in [1.82, 2.24) is 15.3 Å². The van der Waals surface area contributed by atoms with Gasteiger partial charge in [0.05, 0.1) is 24.2 Å². The highest BCUT2D eigenvalue weighted by Crippen LogP contribution is 2.46. The number of allylic oxidation sites excluding steroid dienone is 1. The van der Waals surface area contributed by atoms with Gasteiger partial charge in [0.2, 0.25) is 5.91 Å². The summed E-state index contributed by atoms with van der Waals surface area (Å²) >= 11 is 0. The van der Waals surface area contributed by atoms with Gasteiger partial charge in [-0.3, -0.25) is 14.6 Å². The Labute approximate surface area is 249 Å². The van der Waals surface area contributed by atoms with E-state index in [4.69, 9.17) is 20.3 Å². The first-order valence-corrected chi connectivity index (χ1v) is 14.5. The largest absolute Gasteiger partial charge is 0.497 e. The van der Waals surface area contributed by atoms with Crippen LogP contribution in [0, 0.1) is 11.8 Å². The van der Waals surface area contributed by atoms with Gasteiger partial charge in [-0.1, -0.05) is 42.5 Å².